The van der Waals surface area contributed by atoms with E-state index in [-0.39, 0.29) is 18.3 Å². The molecule has 15 heavy (non-hydrogen) atoms. The van der Waals surface area contributed by atoms with Crippen LogP contribution >= 0.6 is 0 Å². The summed E-state index contributed by atoms with van der Waals surface area (Å²) in [5.41, 5.74) is -0.494. The van der Waals surface area contributed by atoms with E-state index in [1.54, 1.807) is 27.9 Å². The van der Waals surface area contributed by atoms with E-state index in [4.69, 9.17) is 9.47 Å². The molecule has 0 aliphatic heterocycles. The molecule has 0 saturated heterocycles. The Morgan fingerprint density at radius 1 is 1.40 bits per heavy atom. The summed E-state index contributed by atoms with van der Waals surface area (Å²) in [7, 11) is 1.56. The summed E-state index contributed by atoms with van der Waals surface area (Å²) in [4.78, 5) is 22.0. The van der Waals surface area contributed by atoms with Crippen LogP contribution in [0, 0.1) is 5.92 Å². The summed E-state index contributed by atoms with van der Waals surface area (Å²) in [6.07, 6.45) is 1.46. The topological polar surface area (TPSA) is 52.6 Å². The highest BCUT2D eigenvalue weighted by Crippen LogP contribution is 2.12. The van der Waals surface area contributed by atoms with Gasteiger partial charge < -0.3 is 14.3 Å². The molecule has 0 N–H and O–H groups in total. The van der Waals surface area contributed by atoms with E-state index in [9.17, 15) is 9.59 Å². The minimum absolute atomic E-state index is 0.129. The fraction of sp³-hybridized carbons (Fsp3) is 0.818. The molecule has 0 aliphatic rings. The zero-order valence-corrected chi connectivity index (χ0v) is 9.91. The maximum Gasteiger partial charge on any atom is 0.307 e. The molecule has 4 heteroatoms. The Balaban J connectivity index is 3.96. The van der Waals surface area contributed by atoms with Gasteiger partial charge in [-0.05, 0) is 27.2 Å². The van der Waals surface area contributed by atoms with Gasteiger partial charge in [-0.15, -0.1) is 0 Å². The van der Waals surface area contributed by atoms with E-state index >= 15 is 0 Å². The molecule has 0 rings (SSSR count). The third-order valence-corrected chi connectivity index (χ3v) is 1.73. The second-order valence-corrected chi connectivity index (χ2v) is 4.47. The smallest absolute Gasteiger partial charge is 0.307 e. The summed E-state index contributed by atoms with van der Waals surface area (Å²) in [5.74, 6) is -0.643. The van der Waals surface area contributed by atoms with Gasteiger partial charge in [-0.3, -0.25) is 4.79 Å². The molecule has 4 nitrogen and oxygen atoms in total. The van der Waals surface area contributed by atoms with Gasteiger partial charge in [-0.1, -0.05) is 0 Å². The first-order valence-corrected chi connectivity index (χ1v) is 5.05. The summed E-state index contributed by atoms with van der Waals surface area (Å²) in [6.45, 7) is 5.88. The zero-order chi connectivity index (χ0) is 11.9. The number of rotatable bonds is 6. The van der Waals surface area contributed by atoms with E-state index in [0.717, 1.165) is 6.29 Å². The summed E-state index contributed by atoms with van der Waals surface area (Å²) >= 11 is 0. The lowest BCUT2D eigenvalue weighted by Crippen LogP contribution is -2.25. The van der Waals surface area contributed by atoms with Crippen LogP contribution in [0.4, 0.5) is 0 Å². The van der Waals surface area contributed by atoms with E-state index in [1.807, 2.05) is 0 Å². The van der Waals surface area contributed by atoms with Gasteiger partial charge in [0.2, 0.25) is 0 Å². The number of aldehydes is 1. The van der Waals surface area contributed by atoms with Gasteiger partial charge in [-0.2, -0.15) is 0 Å². The lowest BCUT2D eigenvalue weighted by Gasteiger charge is -2.20. The van der Waals surface area contributed by atoms with Crippen LogP contribution in [0.5, 0.6) is 0 Å². The van der Waals surface area contributed by atoms with Crippen LogP contribution in [0.25, 0.3) is 0 Å². The maximum atomic E-state index is 11.4. The maximum absolute atomic E-state index is 11.4. The lowest BCUT2D eigenvalue weighted by molar-refractivity contribution is -0.156. The molecule has 0 aliphatic carbocycles. The minimum atomic E-state index is -0.494. The molecule has 0 radical (unpaired) electrons. The molecule has 0 aromatic carbocycles. The highest BCUT2D eigenvalue weighted by Gasteiger charge is 2.19. The SMILES string of the molecule is COCCC(C=O)CC(=O)OC(C)(C)C. The number of esters is 1. The molecule has 88 valence electrons. The van der Waals surface area contributed by atoms with Crippen molar-refractivity contribution in [2.75, 3.05) is 13.7 Å². The number of hydrogen-bond acceptors (Lipinski definition) is 4. The number of ether oxygens (including phenoxy) is 2. The normalized spacial score (nSPS) is 13.3. The molecule has 0 aromatic rings. The van der Waals surface area contributed by atoms with Crippen molar-refractivity contribution in [1.29, 1.82) is 0 Å². The molecular formula is C11H20O4. The predicted molar refractivity (Wildman–Crippen MR) is 56.5 cm³/mol. The van der Waals surface area contributed by atoms with Crippen LogP contribution in [0.1, 0.15) is 33.6 Å². The highest BCUT2D eigenvalue weighted by molar-refractivity contribution is 5.74. The summed E-state index contributed by atoms with van der Waals surface area (Å²) in [5, 5.41) is 0. The van der Waals surface area contributed by atoms with E-state index < -0.39 is 5.60 Å². The molecule has 1 unspecified atom stereocenters. The highest BCUT2D eigenvalue weighted by atomic mass is 16.6. The molecule has 0 spiro atoms. The van der Waals surface area contributed by atoms with Crippen molar-refractivity contribution in [3.05, 3.63) is 0 Å². The second kappa shape index (κ2) is 6.56. The van der Waals surface area contributed by atoms with Crippen LogP contribution < -0.4 is 0 Å². The van der Waals surface area contributed by atoms with Gasteiger partial charge >= 0.3 is 5.97 Å². The summed E-state index contributed by atoms with van der Waals surface area (Å²) < 4.78 is 9.96. The number of carbonyl (C=O) groups is 2. The van der Waals surface area contributed by atoms with Crippen LogP contribution in [0.15, 0.2) is 0 Å². The van der Waals surface area contributed by atoms with Crippen molar-refractivity contribution in [2.45, 2.75) is 39.2 Å². The fourth-order valence-corrected chi connectivity index (χ4v) is 1.08. The van der Waals surface area contributed by atoms with Crippen molar-refractivity contribution >= 4 is 12.3 Å². The number of methoxy groups -OCH3 is 1. The van der Waals surface area contributed by atoms with E-state index in [1.165, 1.54) is 0 Å². The van der Waals surface area contributed by atoms with Gasteiger partial charge in [-0.25, -0.2) is 0 Å². The predicted octanol–water partition coefficient (Wildman–Crippen LogP) is 1.57. The Morgan fingerprint density at radius 3 is 2.40 bits per heavy atom. The second-order valence-electron chi connectivity index (χ2n) is 4.47. The van der Waals surface area contributed by atoms with Crippen molar-refractivity contribution in [3.63, 3.8) is 0 Å². The Bertz CT molecular complexity index is 205. The molecule has 0 bridgehead atoms. The standard InChI is InChI=1S/C11H20O4/c1-11(2,3)15-10(13)7-9(8-12)5-6-14-4/h8-9H,5-7H2,1-4H3. The quantitative estimate of drug-likeness (QED) is 0.499. The lowest BCUT2D eigenvalue weighted by atomic mass is 10.0. The average molecular weight is 216 g/mol. The average Bonchev–Trinajstić information content (AvgIpc) is 2.09. The molecule has 0 fully saturated rings. The molecule has 0 aromatic heterocycles. The van der Waals surface area contributed by atoms with Crippen molar-refractivity contribution in [3.8, 4) is 0 Å². The van der Waals surface area contributed by atoms with Gasteiger partial charge in [0.15, 0.2) is 0 Å². The first-order valence-electron chi connectivity index (χ1n) is 5.05. The van der Waals surface area contributed by atoms with Gasteiger partial charge in [0, 0.05) is 19.6 Å². The van der Waals surface area contributed by atoms with Crippen LogP contribution in [0.3, 0.4) is 0 Å². The van der Waals surface area contributed by atoms with E-state index in [2.05, 4.69) is 0 Å². The van der Waals surface area contributed by atoms with Crippen molar-refractivity contribution in [2.24, 2.45) is 5.92 Å². The molecule has 0 saturated carbocycles. The van der Waals surface area contributed by atoms with Gasteiger partial charge in [0.05, 0.1) is 6.42 Å². The Kier molecular flexibility index (Phi) is 6.17. The van der Waals surface area contributed by atoms with Gasteiger partial charge in [0.1, 0.15) is 11.9 Å². The first kappa shape index (κ1) is 14.1. The van der Waals surface area contributed by atoms with Gasteiger partial charge in [0.25, 0.3) is 0 Å². The third kappa shape index (κ3) is 8.12. The Morgan fingerprint density at radius 2 is 2.00 bits per heavy atom. The molecule has 0 heterocycles. The van der Waals surface area contributed by atoms with Crippen molar-refractivity contribution in [1.82, 2.24) is 0 Å². The largest absolute Gasteiger partial charge is 0.460 e. The molecule has 0 amide bonds. The van der Waals surface area contributed by atoms with E-state index in [0.29, 0.717) is 13.0 Å². The first-order chi connectivity index (χ1) is 6.89. The Labute approximate surface area is 90.9 Å². The van der Waals surface area contributed by atoms with Crippen molar-refractivity contribution < 1.29 is 19.1 Å². The molecular weight excluding hydrogens is 196 g/mol. The fourth-order valence-electron chi connectivity index (χ4n) is 1.08. The Hall–Kier alpha value is -0.900. The summed E-state index contributed by atoms with van der Waals surface area (Å²) in [6, 6.07) is 0. The van der Waals surface area contributed by atoms with Crippen LogP contribution in [-0.4, -0.2) is 31.6 Å². The third-order valence-electron chi connectivity index (χ3n) is 1.73. The number of hydrogen-bond donors (Lipinski definition) is 0. The van der Waals surface area contributed by atoms with Crippen LogP contribution in [0.2, 0.25) is 0 Å². The van der Waals surface area contributed by atoms with Crippen LogP contribution in [-0.2, 0) is 19.1 Å². The minimum Gasteiger partial charge on any atom is -0.460 e. The molecule has 1 atom stereocenters. The monoisotopic (exact) mass is 216 g/mol. The zero-order valence-electron chi connectivity index (χ0n) is 9.91. The number of carbonyl (C=O) groups excluding carboxylic acids is 2.